The van der Waals surface area contributed by atoms with Crippen LogP contribution in [0, 0.1) is 5.41 Å². The highest BCUT2D eigenvalue weighted by Crippen LogP contribution is 2.47. The van der Waals surface area contributed by atoms with Gasteiger partial charge in [-0.25, -0.2) is 0 Å². The number of hydrogen-bond acceptors (Lipinski definition) is 2. The molecular formula is C12H22N2O. The topological polar surface area (TPSA) is 41.1 Å². The van der Waals surface area contributed by atoms with E-state index in [1.807, 2.05) is 0 Å². The molecule has 1 aliphatic carbocycles. The zero-order valence-corrected chi connectivity index (χ0v) is 9.64. The number of nitrogens with one attached hydrogen (secondary N) is 2. The number of hydrogen-bond donors (Lipinski definition) is 2. The third-order valence-corrected chi connectivity index (χ3v) is 3.97. The van der Waals surface area contributed by atoms with E-state index in [1.165, 1.54) is 32.1 Å². The van der Waals surface area contributed by atoms with Crippen LogP contribution < -0.4 is 10.6 Å². The molecule has 0 radical (unpaired) electrons. The number of amides is 1. The molecule has 86 valence electrons. The lowest BCUT2D eigenvalue weighted by atomic mass is 10.0. The number of carbonyl (C=O) groups is 1. The maximum atomic E-state index is 11.8. The molecule has 1 saturated carbocycles. The van der Waals surface area contributed by atoms with Gasteiger partial charge in [0.2, 0.25) is 5.91 Å². The van der Waals surface area contributed by atoms with E-state index in [1.54, 1.807) is 0 Å². The molecule has 1 heterocycles. The zero-order valence-electron chi connectivity index (χ0n) is 9.64. The zero-order chi connectivity index (χ0) is 10.7. The molecule has 2 N–H and O–H groups in total. The largest absolute Gasteiger partial charge is 0.354 e. The van der Waals surface area contributed by atoms with E-state index in [2.05, 4.69) is 17.6 Å². The summed E-state index contributed by atoms with van der Waals surface area (Å²) >= 11 is 0. The van der Waals surface area contributed by atoms with Crippen LogP contribution in [0.2, 0.25) is 0 Å². The average Bonchev–Trinajstić information content (AvgIpc) is 3.08. The Kier molecular flexibility index (Phi) is 3.29. The molecule has 1 atom stereocenters. The fraction of sp³-hybridized carbons (Fsp3) is 0.917. The molecule has 2 aliphatic rings. The van der Waals surface area contributed by atoms with Crippen molar-refractivity contribution in [1.29, 1.82) is 0 Å². The van der Waals surface area contributed by atoms with Crippen molar-refractivity contribution < 1.29 is 4.79 Å². The van der Waals surface area contributed by atoms with Crippen molar-refractivity contribution in [2.75, 3.05) is 13.1 Å². The molecule has 0 spiro atoms. The van der Waals surface area contributed by atoms with Gasteiger partial charge < -0.3 is 10.6 Å². The molecule has 0 aromatic rings. The second kappa shape index (κ2) is 4.52. The smallest absolute Gasteiger partial charge is 0.237 e. The van der Waals surface area contributed by atoms with Gasteiger partial charge in [0.25, 0.3) is 0 Å². The van der Waals surface area contributed by atoms with Crippen LogP contribution in [0.1, 0.15) is 45.4 Å². The minimum atomic E-state index is 0.0754. The Morgan fingerprint density at radius 3 is 2.80 bits per heavy atom. The summed E-state index contributed by atoms with van der Waals surface area (Å²) in [6.07, 6.45) is 7.19. The highest BCUT2D eigenvalue weighted by Gasteiger charge is 2.40. The Balaban J connectivity index is 1.72. The summed E-state index contributed by atoms with van der Waals surface area (Å²) in [5, 5.41) is 6.39. The molecule has 2 fully saturated rings. The predicted octanol–water partition coefficient (Wildman–Crippen LogP) is 1.43. The molecule has 3 heteroatoms. The van der Waals surface area contributed by atoms with Crippen molar-refractivity contribution in [2.24, 2.45) is 5.41 Å². The Morgan fingerprint density at radius 1 is 1.47 bits per heavy atom. The molecule has 15 heavy (non-hydrogen) atoms. The first-order valence-corrected chi connectivity index (χ1v) is 6.27. The van der Waals surface area contributed by atoms with Crippen LogP contribution in [-0.4, -0.2) is 25.0 Å². The fourth-order valence-corrected chi connectivity index (χ4v) is 2.31. The monoisotopic (exact) mass is 210 g/mol. The highest BCUT2D eigenvalue weighted by molar-refractivity contribution is 5.81. The van der Waals surface area contributed by atoms with Gasteiger partial charge >= 0.3 is 0 Å². The molecule has 2 rings (SSSR count). The van der Waals surface area contributed by atoms with Crippen LogP contribution in [0.15, 0.2) is 0 Å². The Morgan fingerprint density at radius 2 is 2.27 bits per heavy atom. The summed E-state index contributed by atoms with van der Waals surface area (Å²) in [5.41, 5.74) is 0.463. The standard InChI is InChI=1S/C12H22N2O/c1-2-12(6-7-12)9-14-11(15)10-5-3-4-8-13-10/h10,13H,2-9H2,1H3,(H,14,15)/t10-/m0/s1. The quantitative estimate of drug-likeness (QED) is 0.737. The summed E-state index contributed by atoms with van der Waals surface area (Å²) in [5.74, 6) is 0.217. The SMILES string of the molecule is CCC1(CNC(=O)[C@@H]2CCCCN2)CC1. The lowest BCUT2D eigenvalue weighted by Gasteiger charge is -2.23. The third-order valence-electron chi connectivity index (χ3n) is 3.97. The van der Waals surface area contributed by atoms with E-state index in [9.17, 15) is 4.79 Å². The van der Waals surface area contributed by atoms with Crippen LogP contribution >= 0.6 is 0 Å². The van der Waals surface area contributed by atoms with E-state index in [0.29, 0.717) is 5.41 Å². The van der Waals surface area contributed by atoms with Crippen LogP contribution in [0.3, 0.4) is 0 Å². The fourth-order valence-electron chi connectivity index (χ4n) is 2.31. The lowest BCUT2D eigenvalue weighted by molar-refractivity contribution is -0.123. The van der Waals surface area contributed by atoms with Gasteiger partial charge in [0.15, 0.2) is 0 Å². The van der Waals surface area contributed by atoms with Crippen LogP contribution in [0.4, 0.5) is 0 Å². The van der Waals surface area contributed by atoms with Crippen molar-refractivity contribution in [2.45, 2.75) is 51.5 Å². The number of rotatable bonds is 4. The Bertz CT molecular complexity index is 230. The average molecular weight is 210 g/mol. The molecule has 0 unspecified atom stereocenters. The summed E-state index contributed by atoms with van der Waals surface area (Å²) in [7, 11) is 0. The normalized spacial score (nSPS) is 28.5. The van der Waals surface area contributed by atoms with E-state index >= 15 is 0 Å². The highest BCUT2D eigenvalue weighted by atomic mass is 16.2. The molecule has 1 saturated heterocycles. The molecular weight excluding hydrogens is 188 g/mol. The van der Waals surface area contributed by atoms with Crippen molar-refractivity contribution >= 4 is 5.91 Å². The first-order valence-electron chi connectivity index (χ1n) is 6.27. The molecule has 0 aromatic carbocycles. The van der Waals surface area contributed by atoms with Crippen molar-refractivity contribution in [3.05, 3.63) is 0 Å². The molecule has 1 aliphatic heterocycles. The van der Waals surface area contributed by atoms with Crippen molar-refractivity contribution in [3.63, 3.8) is 0 Å². The Hall–Kier alpha value is -0.570. The summed E-state index contributed by atoms with van der Waals surface area (Å²) in [6, 6.07) is 0.0754. The van der Waals surface area contributed by atoms with Gasteiger partial charge in [0.1, 0.15) is 0 Å². The minimum absolute atomic E-state index is 0.0754. The van der Waals surface area contributed by atoms with Gasteiger partial charge in [-0.1, -0.05) is 13.3 Å². The van der Waals surface area contributed by atoms with Gasteiger partial charge in [0.05, 0.1) is 6.04 Å². The third kappa shape index (κ3) is 2.71. The van der Waals surface area contributed by atoms with Gasteiger partial charge in [-0.15, -0.1) is 0 Å². The first kappa shape index (κ1) is 10.9. The van der Waals surface area contributed by atoms with Crippen LogP contribution in [0.25, 0.3) is 0 Å². The van der Waals surface area contributed by atoms with Gasteiger partial charge in [-0.2, -0.15) is 0 Å². The molecule has 0 aromatic heterocycles. The second-order valence-electron chi connectivity index (χ2n) is 5.07. The van der Waals surface area contributed by atoms with E-state index in [4.69, 9.17) is 0 Å². The van der Waals surface area contributed by atoms with Crippen molar-refractivity contribution in [1.82, 2.24) is 10.6 Å². The summed E-state index contributed by atoms with van der Waals surface area (Å²) in [6.45, 7) is 4.11. The predicted molar refractivity (Wildman–Crippen MR) is 60.6 cm³/mol. The van der Waals surface area contributed by atoms with Crippen molar-refractivity contribution in [3.8, 4) is 0 Å². The maximum absolute atomic E-state index is 11.8. The van der Waals surface area contributed by atoms with Gasteiger partial charge in [-0.3, -0.25) is 4.79 Å². The van der Waals surface area contributed by atoms with Crippen LogP contribution in [-0.2, 0) is 4.79 Å². The number of piperidine rings is 1. The Labute approximate surface area is 92.0 Å². The molecule has 3 nitrogen and oxygen atoms in total. The number of carbonyl (C=O) groups excluding carboxylic acids is 1. The van der Waals surface area contributed by atoms with E-state index in [-0.39, 0.29) is 11.9 Å². The van der Waals surface area contributed by atoms with E-state index in [0.717, 1.165) is 19.5 Å². The van der Waals surface area contributed by atoms with Gasteiger partial charge in [0, 0.05) is 6.54 Å². The molecule has 1 amide bonds. The minimum Gasteiger partial charge on any atom is -0.354 e. The summed E-state index contributed by atoms with van der Waals surface area (Å²) < 4.78 is 0. The molecule has 0 bridgehead atoms. The lowest BCUT2D eigenvalue weighted by Crippen LogP contribution is -2.47. The first-order chi connectivity index (χ1) is 7.26. The van der Waals surface area contributed by atoms with Gasteiger partial charge in [-0.05, 0) is 44.1 Å². The second-order valence-corrected chi connectivity index (χ2v) is 5.07. The van der Waals surface area contributed by atoms with Crippen LogP contribution in [0.5, 0.6) is 0 Å². The van der Waals surface area contributed by atoms with E-state index < -0.39 is 0 Å². The summed E-state index contributed by atoms with van der Waals surface area (Å²) in [4.78, 5) is 11.8. The maximum Gasteiger partial charge on any atom is 0.237 e.